The lowest BCUT2D eigenvalue weighted by Crippen LogP contribution is -1.93. The minimum Gasteiger partial charge on any atom is -0.456 e. The summed E-state index contributed by atoms with van der Waals surface area (Å²) in [5.41, 5.74) is 9.40. The van der Waals surface area contributed by atoms with Crippen molar-refractivity contribution in [3.8, 4) is 16.8 Å². The van der Waals surface area contributed by atoms with Crippen LogP contribution < -0.4 is 0 Å². The van der Waals surface area contributed by atoms with Gasteiger partial charge in [0.1, 0.15) is 22.3 Å². The van der Waals surface area contributed by atoms with Crippen LogP contribution in [0.2, 0.25) is 0 Å². The van der Waals surface area contributed by atoms with Crippen molar-refractivity contribution >= 4 is 97.2 Å². The van der Waals surface area contributed by atoms with Crippen LogP contribution in [0.15, 0.2) is 148 Å². The van der Waals surface area contributed by atoms with Crippen LogP contribution in [0, 0.1) is 0 Å². The Morgan fingerprint density at radius 3 is 1.89 bits per heavy atom. The Hall–Kier alpha value is -5.84. The molecule has 0 radical (unpaired) electrons. The minimum absolute atomic E-state index is 0.878. The molecule has 4 heteroatoms. The molecular formula is C42H23NO2S. The van der Waals surface area contributed by atoms with E-state index in [1.807, 2.05) is 23.5 Å². The molecule has 0 aliphatic rings. The van der Waals surface area contributed by atoms with Crippen LogP contribution >= 0.6 is 11.3 Å². The Bertz CT molecular complexity index is 3040. The van der Waals surface area contributed by atoms with Gasteiger partial charge in [-0.2, -0.15) is 0 Å². The zero-order valence-corrected chi connectivity index (χ0v) is 25.3. The van der Waals surface area contributed by atoms with Crippen molar-refractivity contribution in [1.29, 1.82) is 0 Å². The van der Waals surface area contributed by atoms with Gasteiger partial charge < -0.3 is 13.4 Å². The van der Waals surface area contributed by atoms with Crippen LogP contribution in [0.5, 0.6) is 0 Å². The third-order valence-electron chi connectivity index (χ3n) is 9.61. The maximum Gasteiger partial charge on any atom is 0.136 e. The molecule has 0 atom stereocenters. The van der Waals surface area contributed by atoms with Crippen molar-refractivity contribution in [2.45, 2.75) is 0 Å². The standard InChI is InChI=1S/C42H23NO2S/c1-4-14-33-25(9-1)29-20-21-30-26-10-3-6-18-38(26)46-42(30)41(29)43(33)24-19-22-35-32(23-24)40-28(13-8-17-37(40)45-35)27-12-7-16-36-39(27)31-11-2-5-15-34(31)44-36/h1-23H. The molecule has 0 fully saturated rings. The van der Waals surface area contributed by atoms with Gasteiger partial charge >= 0.3 is 0 Å². The second-order valence-corrected chi connectivity index (χ2v) is 13.1. The second kappa shape index (κ2) is 8.87. The average Bonchev–Trinajstić information content (AvgIpc) is 3.86. The lowest BCUT2D eigenvalue weighted by Gasteiger charge is -2.10. The van der Waals surface area contributed by atoms with Crippen LogP contribution in [0.25, 0.3) is 103 Å². The van der Waals surface area contributed by atoms with Crippen LogP contribution in [0.3, 0.4) is 0 Å². The van der Waals surface area contributed by atoms with Crippen molar-refractivity contribution in [1.82, 2.24) is 4.57 Å². The molecule has 0 spiro atoms. The first kappa shape index (κ1) is 24.5. The lowest BCUT2D eigenvalue weighted by molar-refractivity contribution is 0.668. The van der Waals surface area contributed by atoms with Gasteiger partial charge in [-0.15, -0.1) is 11.3 Å². The van der Waals surface area contributed by atoms with Crippen LogP contribution in [0.1, 0.15) is 0 Å². The molecule has 214 valence electrons. The van der Waals surface area contributed by atoms with Gasteiger partial charge in [-0.1, -0.05) is 91.0 Å². The van der Waals surface area contributed by atoms with E-state index in [2.05, 4.69) is 132 Å². The van der Waals surface area contributed by atoms with E-state index in [9.17, 15) is 0 Å². The van der Waals surface area contributed by atoms with Crippen molar-refractivity contribution in [3.05, 3.63) is 140 Å². The largest absolute Gasteiger partial charge is 0.456 e. The maximum atomic E-state index is 6.52. The quantitative estimate of drug-likeness (QED) is 0.196. The topological polar surface area (TPSA) is 31.2 Å². The Morgan fingerprint density at radius 1 is 0.435 bits per heavy atom. The highest BCUT2D eigenvalue weighted by molar-refractivity contribution is 7.26. The first-order valence-electron chi connectivity index (χ1n) is 15.5. The van der Waals surface area contributed by atoms with Gasteiger partial charge in [0, 0.05) is 53.5 Å². The van der Waals surface area contributed by atoms with Gasteiger partial charge in [-0.05, 0) is 59.7 Å². The first-order valence-corrected chi connectivity index (χ1v) is 16.3. The molecule has 0 saturated heterocycles. The van der Waals surface area contributed by atoms with E-state index >= 15 is 0 Å². The number of benzene rings is 7. The summed E-state index contributed by atoms with van der Waals surface area (Å²) in [6.07, 6.45) is 0. The Balaban J connectivity index is 1.25. The van der Waals surface area contributed by atoms with E-state index in [0.717, 1.165) is 60.7 Å². The molecule has 11 rings (SSSR count). The monoisotopic (exact) mass is 605 g/mol. The Labute approximate surface area is 266 Å². The average molecular weight is 606 g/mol. The zero-order chi connectivity index (χ0) is 29.9. The molecule has 4 heterocycles. The van der Waals surface area contributed by atoms with Crippen LogP contribution in [-0.4, -0.2) is 4.57 Å². The predicted molar refractivity (Wildman–Crippen MR) is 194 cm³/mol. The summed E-state index contributed by atoms with van der Waals surface area (Å²) < 4.78 is 17.9. The minimum atomic E-state index is 0.878. The number of para-hydroxylation sites is 2. The van der Waals surface area contributed by atoms with E-state index in [1.165, 1.54) is 42.0 Å². The van der Waals surface area contributed by atoms with Crippen molar-refractivity contribution in [3.63, 3.8) is 0 Å². The lowest BCUT2D eigenvalue weighted by atomic mass is 9.95. The molecule has 0 aliphatic heterocycles. The molecule has 0 saturated carbocycles. The van der Waals surface area contributed by atoms with Gasteiger partial charge in [-0.3, -0.25) is 0 Å². The molecule has 0 bridgehead atoms. The van der Waals surface area contributed by atoms with Gasteiger partial charge in [0.15, 0.2) is 0 Å². The highest BCUT2D eigenvalue weighted by Crippen LogP contribution is 2.45. The number of hydrogen-bond acceptors (Lipinski definition) is 3. The fourth-order valence-electron chi connectivity index (χ4n) is 7.68. The molecule has 0 aliphatic carbocycles. The predicted octanol–water partition coefficient (Wildman–Crippen LogP) is 12.6. The summed E-state index contributed by atoms with van der Waals surface area (Å²) in [5, 5.41) is 9.60. The summed E-state index contributed by atoms with van der Waals surface area (Å²) in [5.74, 6) is 0. The van der Waals surface area contributed by atoms with Crippen LogP contribution in [0.4, 0.5) is 0 Å². The molecular weight excluding hydrogens is 583 g/mol. The smallest absolute Gasteiger partial charge is 0.136 e. The number of fused-ring (bicyclic) bond motifs is 13. The fraction of sp³-hybridized carbons (Fsp3) is 0. The number of nitrogens with zero attached hydrogens (tertiary/aromatic N) is 1. The summed E-state index contributed by atoms with van der Waals surface area (Å²) in [6, 6.07) is 49.8. The summed E-state index contributed by atoms with van der Waals surface area (Å²) in [4.78, 5) is 0. The highest BCUT2D eigenvalue weighted by Gasteiger charge is 2.21. The van der Waals surface area contributed by atoms with Crippen molar-refractivity contribution < 1.29 is 8.83 Å². The molecule has 4 aromatic heterocycles. The SMILES string of the molecule is c1ccc2c(c1)oc1cccc(-c3cccc4oc5ccc(-n6c7ccccc7c7ccc8c9ccccc9sc8c76)cc5c34)c12. The number of hydrogen-bond donors (Lipinski definition) is 0. The van der Waals surface area contributed by atoms with Gasteiger partial charge in [0.2, 0.25) is 0 Å². The third-order valence-corrected chi connectivity index (χ3v) is 10.8. The van der Waals surface area contributed by atoms with Gasteiger partial charge in [0.25, 0.3) is 0 Å². The zero-order valence-electron chi connectivity index (χ0n) is 24.5. The third kappa shape index (κ3) is 3.16. The first-order chi connectivity index (χ1) is 22.8. The normalized spacial score (nSPS) is 12.3. The van der Waals surface area contributed by atoms with Crippen molar-refractivity contribution in [2.75, 3.05) is 0 Å². The fourth-order valence-corrected chi connectivity index (χ4v) is 8.92. The summed E-state index contributed by atoms with van der Waals surface area (Å²) in [7, 11) is 0. The molecule has 0 unspecified atom stereocenters. The van der Waals surface area contributed by atoms with Gasteiger partial charge in [-0.25, -0.2) is 0 Å². The van der Waals surface area contributed by atoms with Crippen molar-refractivity contribution in [2.24, 2.45) is 0 Å². The Morgan fingerprint density at radius 2 is 1.07 bits per heavy atom. The molecule has 11 aromatic rings. The number of furan rings is 2. The van der Waals surface area contributed by atoms with Gasteiger partial charge in [0.05, 0.1) is 15.7 Å². The van der Waals surface area contributed by atoms with E-state index in [-0.39, 0.29) is 0 Å². The summed E-state index contributed by atoms with van der Waals surface area (Å²) >= 11 is 1.88. The number of aromatic nitrogens is 1. The van der Waals surface area contributed by atoms with E-state index in [0.29, 0.717) is 0 Å². The maximum absolute atomic E-state index is 6.52. The van der Waals surface area contributed by atoms with E-state index < -0.39 is 0 Å². The second-order valence-electron chi connectivity index (χ2n) is 12.0. The summed E-state index contributed by atoms with van der Waals surface area (Å²) in [6.45, 7) is 0. The Kier molecular flexibility index (Phi) is 4.72. The van der Waals surface area contributed by atoms with E-state index in [1.54, 1.807) is 0 Å². The molecule has 7 aromatic carbocycles. The molecule has 0 amide bonds. The van der Waals surface area contributed by atoms with E-state index in [4.69, 9.17) is 8.83 Å². The molecule has 3 nitrogen and oxygen atoms in total. The van der Waals surface area contributed by atoms with Crippen LogP contribution in [-0.2, 0) is 0 Å². The highest BCUT2D eigenvalue weighted by atomic mass is 32.1. The number of rotatable bonds is 2. The number of thiophene rings is 1. The molecule has 46 heavy (non-hydrogen) atoms. The molecule has 0 N–H and O–H groups in total.